The molecule has 0 spiro atoms. The van der Waals surface area contributed by atoms with Gasteiger partial charge in [-0.05, 0) is 11.6 Å². The fourth-order valence-electron chi connectivity index (χ4n) is 2.47. The lowest BCUT2D eigenvalue weighted by Crippen LogP contribution is -2.37. The maximum atomic E-state index is 12.9. The van der Waals surface area contributed by atoms with Gasteiger partial charge in [0, 0.05) is 20.6 Å². The molecule has 0 saturated carbocycles. The van der Waals surface area contributed by atoms with Gasteiger partial charge in [0.15, 0.2) is 0 Å². The molecule has 0 radical (unpaired) electrons. The second-order valence-electron chi connectivity index (χ2n) is 5.44. The zero-order chi connectivity index (χ0) is 18.1. The summed E-state index contributed by atoms with van der Waals surface area (Å²) in [5, 5.41) is 2.36. The van der Waals surface area contributed by atoms with Crippen LogP contribution in [0, 0.1) is 0 Å². The van der Waals surface area contributed by atoms with Gasteiger partial charge in [-0.2, -0.15) is 13.2 Å². The fourth-order valence-corrected chi connectivity index (χ4v) is 2.47. The molecule has 1 aromatic rings. The number of carbonyl (C=O) groups excluding carboxylic acids is 3. The molecule has 1 aromatic carbocycles. The van der Waals surface area contributed by atoms with Crippen molar-refractivity contribution in [3.63, 3.8) is 0 Å². The monoisotopic (exact) mass is 343 g/mol. The van der Waals surface area contributed by atoms with Crippen molar-refractivity contribution in [1.82, 2.24) is 15.1 Å². The maximum absolute atomic E-state index is 12.9. The molecule has 1 N–H and O–H groups in total. The largest absolute Gasteiger partial charge is 0.416 e. The molecule has 2 rings (SSSR count). The van der Waals surface area contributed by atoms with Gasteiger partial charge in [-0.1, -0.05) is 18.2 Å². The lowest BCUT2D eigenvalue weighted by molar-refractivity contribution is -0.138. The number of alkyl halides is 3. The summed E-state index contributed by atoms with van der Waals surface area (Å²) in [4.78, 5) is 37.4. The van der Waals surface area contributed by atoms with E-state index in [0.717, 1.165) is 15.9 Å². The van der Waals surface area contributed by atoms with Gasteiger partial charge in [-0.15, -0.1) is 0 Å². The van der Waals surface area contributed by atoms with Crippen molar-refractivity contribution in [2.75, 3.05) is 14.1 Å². The molecule has 1 aliphatic heterocycles. The minimum absolute atomic E-state index is 0.0716. The summed E-state index contributed by atoms with van der Waals surface area (Å²) >= 11 is 0. The first kappa shape index (κ1) is 17.8. The second-order valence-corrected chi connectivity index (χ2v) is 5.44. The summed E-state index contributed by atoms with van der Waals surface area (Å²) in [6, 6.07) is 3.44. The quantitative estimate of drug-likeness (QED) is 0.845. The first-order chi connectivity index (χ1) is 11.1. The molecule has 1 atom stereocenters. The number of carbonyl (C=O) groups is 3. The van der Waals surface area contributed by atoms with Crippen LogP contribution in [-0.4, -0.2) is 47.8 Å². The Balaban J connectivity index is 2.00. The van der Waals surface area contributed by atoms with Crippen LogP contribution in [0.4, 0.5) is 18.0 Å². The first-order valence-electron chi connectivity index (χ1n) is 7.09. The van der Waals surface area contributed by atoms with Crippen LogP contribution in [0.15, 0.2) is 24.3 Å². The zero-order valence-electron chi connectivity index (χ0n) is 13.1. The Labute approximate surface area is 136 Å². The molecule has 1 unspecified atom stereocenters. The van der Waals surface area contributed by atoms with Crippen LogP contribution < -0.4 is 5.32 Å². The molecule has 1 heterocycles. The molecule has 4 amide bonds. The highest BCUT2D eigenvalue weighted by atomic mass is 19.4. The number of imide groups is 1. The van der Waals surface area contributed by atoms with Crippen molar-refractivity contribution in [3.8, 4) is 0 Å². The number of benzene rings is 1. The molecule has 1 saturated heterocycles. The predicted molar refractivity (Wildman–Crippen MR) is 77.6 cm³/mol. The number of likely N-dealkylation sites (N-methyl/N-ethyl adjacent to an activating group) is 2. The molecule has 0 aromatic heterocycles. The minimum Gasteiger partial charge on any atom is -0.352 e. The van der Waals surface area contributed by atoms with Gasteiger partial charge in [0.25, 0.3) is 5.91 Å². The normalized spacial score (nSPS) is 18.3. The Morgan fingerprint density at radius 1 is 1.21 bits per heavy atom. The lowest BCUT2D eigenvalue weighted by Gasteiger charge is -2.16. The molecular formula is C15H16F3N3O3. The van der Waals surface area contributed by atoms with Crippen LogP contribution in [0.2, 0.25) is 0 Å². The first-order valence-corrected chi connectivity index (χ1v) is 7.09. The number of nitrogens with one attached hydrogen (secondary N) is 1. The van der Waals surface area contributed by atoms with Crippen molar-refractivity contribution >= 4 is 17.8 Å². The van der Waals surface area contributed by atoms with E-state index in [1.54, 1.807) is 0 Å². The summed E-state index contributed by atoms with van der Waals surface area (Å²) in [6.45, 7) is -0.317. The summed E-state index contributed by atoms with van der Waals surface area (Å²) in [5.74, 6) is -1.13. The molecule has 1 aliphatic rings. The maximum Gasteiger partial charge on any atom is 0.416 e. The van der Waals surface area contributed by atoms with Gasteiger partial charge >= 0.3 is 12.2 Å². The average molecular weight is 343 g/mol. The molecule has 24 heavy (non-hydrogen) atoms. The van der Waals surface area contributed by atoms with Crippen molar-refractivity contribution < 1.29 is 27.6 Å². The number of urea groups is 1. The van der Waals surface area contributed by atoms with Gasteiger partial charge < -0.3 is 10.2 Å². The van der Waals surface area contributed by atoms with E-state index in [-0.39, 0.29) is 18.5 Å². The summed E-state index contributed by atoms with van der Waals surface area (Å²) in [5.41, 5.74) is -0.896. The summed E-state index contributed by atoms with van der Waals surface area (Å²) < 4.78 is 38.6. The van der Waals surface area contributed by atoms with Crippen molar-refractivity contribution in [2.45, 2.75) is 25.2 Å². The van der Waals surface area contributed by atoms with Crippen LogP contribution in [0.5, 0.6) is 0 Å². The Morgan fingerprint density at radius 2 is 1.83 bits per heavy atom. The standard InChI is InChI=1S/C15H16F3N3O3/c1-20-11(13(23)21(2)14(20)24)7-12(22)19-8-9-5-3-4-6-10(9)15(16,17)18/h3-6,11H,7-8H2,1-2H3,(H,19,22). The van der Waals surface area contributed by atoms with E-state index in [0.29, 0.717) is 0 Å². The Hall–Kier alpha value is -2.58. The van der Waals surface area contributed by atoms with Crippen molar-refractivity contribution in [3.05, 3.63) is 35.4 Å². The molecule has 1 fully saturated rings. The minimum atomic E-state index is -4.52. The number of hydrogen-bond acceptors (Lipinski definition) is 3. The van der Waals surface area contributed by atoms with Crippen molar-refractivity contribution in [2.24, 2.45) is 0 Å². The summed E-state index contributed by atoms with van der Waals surface area (Å²) in [6.07, 6.45) is -4.82. The third-order valence-electron chi connectivity index (χ3n) is 3.85. The van der Waals surface area contributed by atoms with Gasteiger partial charge in [0.05, 0.1) is 12.0 Å². The van der Waals surface area contributed by atoms with Crippen LogP contribution in [-0.2, 0) is 22.3 Å². The molecule has 6 nitrogen and oxygen atoms in total. The van der Waals surface area contributed by atoms with Gasteiger partial charge in [0.1, 0.15) is 6.04 Å². The second kappa shape index (κ2) is 6.50. The van der Waals surface area contributed by atoms with Crippen LogP contribution in [0.25, 0.3) is 0 Å². The van der Waals surface area contributed by atoms with E-state index in [4.69, 9.17) is 0 Å². The lowest BCUT2D eigenvalue weighted by atomic mass is 10.1. The van der Waals surface area contributed by atoms with E-state index in [9.17, 15) is 27.6 Å². The fraction of sp³-hybridized carbons (Fsp3) is 0.400. The van der Waals surface area contributed by atoms with Gasteiger partial charge in [-0.25, -0.2) is 4.79 Å². The number of rotatable bonds is 4. The molecule has 0 aliphatic carbocycles. The van der Waals surface area contributed by atoms with Crippen LogP contribution in [0.1, 0.15) is 17.5 Å². The van der Waals surface area contributed by atoms with E-state index >= 15 is 0 Å². The molecular weight excluding hydrogens is 327 g/mol. The van der Waals surface area contributed by atoms with E-state index in [1.807, 2.05) is 0 Å². The van der Waals surface area contributed by atoms with Crippen LogP contribution >= 0.6 is 0 Å². The Kier molecular flexibility index (Phi) is 4.81. The highest BCUT2D eigenvalue weighted by Gasteiger charge is 2.41. The van der Waals surface area contributed by atoms with Crippen molar-refractivity contribution in [1.29, 1.82) is 0 Å². The SMILES string of the molecule is CN1C(=O)C(CC(=O)NCc2ccccc2C(F)(F)F)N(C)C1=O. The van der Waals surface area contributed by atoms with Gasteiger partial charge in [-0.3, -0.25) is 14.5 Å². The Morgan fingerprint density at radius 3 is 2.38 bits per heavy atom. The number of amides is 4. The van der Waals surface area contributed by atoms with Crippen LogP contribution in [0.3, 0.4) is 0 Å². The van der Waals surface area contributed by atoms with E-state index < -0.39 is 35.6 Å². The third-order valence-corrected chi connectivity index (χ3v) is 3.85. The third kappa shape index (κ3) is 3.50. The average Bonchev–Trinajstić information content (AvgIpc) is 2.70. The smallest absolute Gasteiger partial charge is 0.352 e. The number of halogens is 3. The van der Waals surface area contributed by atoms with Gasteiger partial charge in [0.2, 0.25) is 5.91 Å². The topological polar surface area (TPSA) is 69.7 Å². The zero-order valence-corrected chi connectivity index (χ0v) is 13.1. The molecule has 0 bridgehead atoms. The van der Waals surface area contributed by atoms with E-state index in [1.165, 1.54) is 32.3 Å². The Bertz CT molecular complexity index is 675. The summed E-state index contributed by atoms with van der Waals surface area (Å²) in [7, 11) is 2.69. The predicted octanol–water partition coefficient (Wildman–Crippen LogP) is 1.60. The van der Waals surface area contributed by atoms with E-state index in [2.05, 4.69) is 5.32 Å². The highest BCUT2D eigenvalue weighted by Crippen LogP contribution is 2.31. The molecule has 130 valence electrons. The number of hydrogen-bond donors (Lipinski definition) is 1. The highest BCUT2D eigenvalue weighted by molar-refractivity contribution is 6.05. The molecule has 9 heteroatoms. The number of nitrogens with zero attached hydrogens (tertiary/aromatic N) is 2.